The van der Waals surface area contributed by atoms with Gasteiger partial charge in [-0.15, -0.1) is 11.3 Å². The standard InChI is InChI=1S/C18H18BrN3O4S2/c1-13(26-15-5-3-2-4-14(15)12-20)18(23)21-8-10-22(11-9-21)28(24,25)17-7-6-16(19)27-17/h2-7,13H,8-11H2,1H3. The number of nitriles is 1. The number of hydrogen-bond acceptors (Lipinski definition) is 6. The summed E-state index contributed by atoms with van der Waals surface area (Å²) in [6, 6.07) is 12.0. The average molecular weight is 484 g/mol. The number of amides is 1. The Bertz CT molecular complexity index is 1010. The van der Waals surface area contributed by atoms with Gasteiger partial charge in [0.1, 0.15) is 16.0 Å². The van der Waals surface area contributed by atoms with Gasteiger partial charge in [0.05, 0.1) is 9.35 Å². The summed E-state index contributed by atoms with van der Waals surface area (Å²) >= 11 is 4.44. The summed E-state index contributed by atoms with van der Waals surface area (Å²) in [4.78, 5) is 14.3. The van der Waals surface area contributed by atoms with E-state index in [0.717, 1.165) is 3.79 Å². The number of sulfonamides is 1. The summed E-state index contributed by atoms with van der Waals surface area (Å²) in [5, 5.41) is 9.13. The van der Waals surface area contributed by atoms with Crippen LogP contribution < -0.4 is 4.74 Å². The second-order valence-electron chi connectivity index (χ2n) is 6.16. The summed E-state index contributed by atoms with van der Waals surface area (Å²) < 4.78 is 33.5. The number of carbonyl (C=O) groups excluding carboxylic acids is 1. The maximum atomic E-state index is 12.7. The fourth-order valence-corrected chi connectivity index (χ4v) is 6.46. The third kappa shape index (κ3) is 4.38. The van der Waals surface area contributed by atoms with Crippen LogP contribution in [0.1, 0.15) is 12.5 Å². The number of hydrogen-bond donors (Lipinski definition) is 0. The first-order chi connectivity index (χ1) is 13.3. The summed E-state index contributed by atoms with van der Waals surface area (Å²) in [6.07, 6.45) is -0.772. The zero-order valence-corrected chi connectivity index (χ0v) is 18.3. The van der Waals surface area contributed by atoms with E-state index in [-0.39, 0.29) is 36.3 Å². The van der Waals surface area contributed by atoms with Crippen LogP contribution in [0.25, 0.3) is 0 Å². The van der Waals surface area contributed by atoms with E-state index in [4.69, 9.17) is 10.00 Å². The second kappa shape index (κ2) is 8.61. The van der Waals surface area contributed by atoms with Crippen molar-refractivity contribution in [1.82, 2.24) is 9.21 Å². The molecule has 2 heterocycles. The lowest BCUT2D eigenvalue weighted by molar-refractivity contribution is -0.139. The molecule has 1 amide bonds. The molecule has 1 aliphatic rings. The van der Waals surface area contributed by atoms with E-state index >= 15 is 0 Å². The fraction of sp³-hybridized carbons (Fsp3) is 0.333. The fourth-order valence-electron chi connectivity index (χ4n) is 2.87. The SMILES string of the molecule is CC(Oc1ccccc1C#N)C(=O)N1CCN(S(=O)(=O)c2ccc(Br)s2)CC1. The van der Waals surface area contributed by atoms with Crippen molar-refractivity contribution < 1.29 is 17.9 Å². The minimum absolute atomic E-state index is 0.227. The Labute approximate surface area is 176 Å². The largest absolute Gasteiger partial charge is 0.480 e. The van der Waals surface area contributed by atoms with Crippen molar-refractivity contribution in [3.63, 3.8) is 0 Å². The monoisotopic (exact) mass is 483 g/mol. The highest BCUT2D eigenvalue weighted by atomic mass is 79.9. The lowest BCUT2D eigenvalue weighted by Crippen LogP contribution is -2.53. The highest BCUT2D eigenvalue weighted by Crippen LogP contribution is 2.29. The Balaban J connectivity index is 1.61. The lowest BCUT2D eigenvalue weighted by Gasteiger charge is -2.35. The van der Waals surface area contributed by atoms with Crippen LogP contribution in [-0.2, 0) is 14.8 Å². The van der Waals surface area contributed by atoms with Crippen molar-refractivity contribution in [1.29, 1.82) is 5.26 Å². The highest BCUT2D eigenvalue weighted by Gasteiger charge is 2.32. The minimum atomic E-state index is -3.55. The van der Waals surface area contributed by atoms with Crippen LogP contribution in [-0.4, -0.2) is 55.8 Å². The average Bonchev–Trinajstić information content (AvgIpc) is 3.15. The quantitative estimate of drug-likeness (QED) is 0.651. The molecule has 28 heavy (non-hydrogen) atoms. The van der Waals surface area contributed by atoms with Gasteiger partial charge in [0.2, 0.25) is 0 Å². The van der Waals surface area contributed by atoms with Gasteiger partial charge < -0.3 is 9.64 Å². The maximum Gasteiger partial charge on any atom is 0.263 e. The van der Waals surface area contributed by atoms with Gasteiger partial charge in [-0.25, -0.2) is 8.42 Å². The molecule has 1 saturated heterocycles. The first-order valence-corrected chi connectivity index (χ1v) is 11.6. The normalized spacial score (nSPS) is 16.4. The van der Waals surface area contributed by atoms with E-state index in [1.165, 1.54) is 15.6 Å². The van der Waals surface area contributed by atoms with Crippen LogP contribution in [0.3, 0.4) is 0 Å². The maximum absolute atomic E-state index is 12.7. The van der Waals surface area contributed by atoms with Gasteiger partial charge in [-0.1, -0.05) is 12.1 Å². The molecule has 1 aromatic heterocycles. The molecule has 1 aromatic carbocycles. The van der Waals surface area contributed by atoms with Crippen molar-refractivity contribution in [2.75, 3.05) is 26.2 Å². The van der Waals surface area contributed by atoms with Crippen LogP contribution in [0.2, 0.25) is 0 Å². The van der Waals surface area contributed by atoms with E-state index in [0.29, 0.717) is 11.3 Å². The van der Waals surface area contributed by atoms with Gasteiger partial charge in [0.25, 0.3) is 15.9 Å². The first kappa shape index (κ1) is 20.8. The molecule has 1 fully saturated rings. The van der Waals surface area contributed by atoms with Crippen LogP contribution in [0.5, 0.6) is 5.75 Å². The van der Waals surface area contributed by atoms with Crippen molar-refractivity contribution in [2.24, 2.45) is 0 Å². The number of thiophene rings is 1. The molecule has 0 aliphatic carbocycles. The van der Waals surface area contributed by atoms with E-state index < -0.39 is 16.1 Å². The van der Waals surface area contributed by atoms with Crippen LogP contribution >= 0.6 is 27.3 Å². The molecule has 1 atom stereocenters. The predicted octanol–water partition coefficient (Wildman–Crippen LogP) is 2.68. The highest BCUT2D eigenvalue weighted by molar-refractivity contribution is 9.11. The van der Waals surface area contributed by atoms with Crippen LogP contribution in [0.4, 0.5) is 0 Å². The predicted molar refractivity (Wildman–Crippen MR) is 109 cm³/mol. The van der Waals surface area contributed by atoms with Crippen LogP contribution in [0.15, 0.2) is 44.4 Å². The van der Waals surface area contributed by atoms with Crippen molar-refractivity contribution >= 4 is 43.2 Å². The molecule has 148 valence electrons. The van der Waals surface area contributed by atoms with Gasteiger partial charge in [-0.05, 0) is 47.1 Å². The van der Waals surface area contributed by atoms with Crippen molar-refractivity contribution in [3.8, 4) is 11.8 Å². The smallest absolute Gasteiger partial charge is 0.263 e. The van der Waals surface area contributed by atoms with Gasteiger partial charge >= 0.3 is 0 Å². The number of halogens is 1. The molecule has 10 heteroatoms. The minimum Gasteiger partial charge on any atom is -0.480 e. The zero-order chi connectivity index (χ0) is 20.3. The molecule has 3 rings (SSSR count). The number of carbonyl (C=O) groups is 1. The summed E-state index contributed by atoms with van der Waals surface area (Å²) in [6.45, 7) is 2.66. The van der Waals surface area contributed by atoms with E-state index in [1.54, 1.807) is 48.2 Å². The molecule has 0 bridgehead atoms. The third-order valence-electron chi connectivity index (χ3n) is 4.35. The molecular formula is C18H18BrN3O4S2. The first-order valence-electron chi connectivity index (χ1n) is 8.53. The molecule has 7 nitrogen and oxygen atoms in total. The number of para-hydroxylation sites is 1. The number of benzene rings is 1. The third-order valence-corrected chi connectivity index (χ3v) is 8.34. The van der Waals surface area contributed by atoms with Crippen molar-refractivity contribution in [3.05, 3.63) is 45.7 Å². The number of ether oxygens (including phenoxy) is 1. The molecule has 0 spiro atoms. The number of rotatable bonds is 5. The molecule has 0 saturated carbocycles. The van der Waals surface area contributed by atoms with Gasteiger partial charge in [0.15, 0.2) is 6.10 Å². The summed E-state index contributed by atoms with van der Waals surface area (Å²) in [5.74, 6) is 0.124. The Morgan fingerprint density at radius 2 is 1.89 bits per heavy atom. The second-order valence-corrected chi connectivity index (χ2v) is 10.8. The Morgan fingerprint density at radius 3 is 2.50 bits per heavy atom. The lowest BCUT2D eigenvalue weighted by atomic mass is 10.2. The molecule has 0 radical (unpaired) electrons. The zero-order valence-electron chi connectivity index (χ0n) is 15.0. The summed E-state index contributed by atoms with van der Waals surface area (Å²) in [5.41, 5.74) is 0.361. The van der Waals surface area contributed by atoms with E-state index in [2.05, 4.69) is 15.9 Å². The van der Waals surface area contributed by atoms with E-state index in [1.807, 2.05) is 6.07 Å². The Kier molecular flexibility index (Phi) is 6.40. The van der Waals surface area contributed by atoms with Gasteiger partial charge in [0, 0.05) is 26.2 Å². The van der Waals surface area contributed by atoms with Gasteiger partial charge in [-0.2, -0.15) is 9.57 Å². The Hall–Kier alpha value is -1.93. The molecule has 1 unspecified atom stereocenters. The topological polar surface area (TPSA) is 90.7 Å². The van der Waals surface area contributed by atoms with Crippen molar-refractivity contribution in [2.45, 2.75) is 17.2 Å². The number of nitrogens with zero attached hydrogens (tertiary/aromatic N) is 3. The summed E-state index contributed by atoms with van der Waals surface area (Å²) in [7, 11) is -3.55. The Morgan fingerprint density at radius 1 is 1.21 bits per heavy atom. The molecule has 1 aliphatic heterocycles. The molecular weight excluding hydrogens is 466 g/mol. The number of piperazine rings is 1. The van der Waals surface area contributed by atoms with Crippen LogP contribution in [0, 0.1) is 11.3 Å². The molecule has 0 N–H and O–H groups in total. The van der Waals surface area contributed by atoms with Gasteiger partial charge in [-0.3, -0.25) is 4.79 Å². The van der Waals surface area contributed by atoms with E-state index in [9.17, 15) is 13.2 Å². The molecule has 2 aromatic rings.